The first-order valence-corrected chi connectivity index (χ1v) is 18.3. The molecule has 4 N–H and O–H groups in total. The molecule has 0 radical (unpaired) electrons. The largest absolute Gasteiger partial charge is 0.481 e. The standard InChI is InChI=1S/2C22H21NO4/c2*24-21(25)18-11-5-6-12-20(18)23-22(26)27-13-19-16-9-3-1-7-14(16)15-8-2-4-10-17(15)19/h2*1-4,6-10,12,18-20H,5,11,13H2,(H,23,26)(H,24,25)/t2*18-,20+/m10/s1. The molecule has 4 aromatic rings. The highest BCUT2D eigenvalue weighted by Crippen LogP contribution is 2.45. The van der Waals surface area contributed by atoms with Gasteiger partial charge in [-0.05, 0) is 70.2 Å². The lowest BCUT2D eigenvalue weighted by atomic mass is 9.90. The Labute approximate surface area is 313 Å². The van der Waals surface area contributed by atoms with Crippen molar-refractivity contribution in [3.63, 3.8) is 0 Å². The van der Waals surface area contributed by atoms with Crippen LogP contribution < -0.4 is 10.6 Å². The number of carboxylic acid groups (broad SMARTS) is 2. The number of hydrogen-bond acceptors (Lipinski definition) is 6. The van der Waals surface area contributed by atoms with Gasteiger partial charge >= 0.3 is 24.1 Å². The number of amides is 2. The first-order valence-electron chi connectivity index (χ1n) is 18.3. The predicted octanol–water partition coefficient (Wildman–Crippen LogP) is 7.89. The average molecular weight is 727 g/mol. The number of benzene rings is 4. The average Bonchev–Trinajstić information content (AvgIpc) is 3.69. The van der Waals surface area contributed by atoms with E-state index in [0.29, 0.717) is 25.7 Å². The first-order chi connectivity index (χ1) is 26.3. The Morgan fingerprint density at radius 3 is 1.15 bits per heavy atom. The number of carboxylic acids is 2. The molecule has 4 aliphatic carbocycles. The van der Waals surface area contributed by atoms with Gasteiger partial charge in [0.15, 0.2) is 0 Å². The Hall–Kier alpha value is -6.16. The van der Waals surface area contributed by atoms with E-state index in [9.17, 15) is 29.4 Å². The van der Waals surface area contributed by atoms with Crippen molar-refractivity contribution in [2.75, 3.05) is 13.2 Å². The molecule has 4 atom stereocenters. The summed E-state index contributed by atoms with van der Waals surface area (Å²) in [6, 6.07) is 31.5. The van der Waals surface area contributed by atoms with Crippen LogP contribution in [0.4, 0.5) is 9.59 Å². The fraction of sp³-hybridized carbons (Fsp3) is 0.273. The minimum absolute atomic E-state index is 0.0136. The fourth-order valence-electron chi connectivity index (χ4n) is 8.07. The van der Waals surface area contributed by atoms with E-state index >= 15 is 0 Å². The topological polar surface area (TPSA) is 151 Å². The van der Waals surface area contributed by atoms with Gasteiger partial charge in [0, 0.05) is 11.8 Å². The maximum absolute atomic E-state index is 12.3. The highest BCUT2D eigenvalue weighted by molar-refractivity contribution is 5.81. The molecule has 54 heavy (non-hydrogen) atoms. The van der Waals surface area contributed by atoms with Crippen molar-refractivity contribution in [3.8, 4) is 22.3 Å². The maximum atomic E-state index is 12.3. The first kappa shape index (κ1) is 36.2. The Morgan fingerprint density at radius 1 is 0.519 bits per heavy atom. The molecule has 276 valence electrons. The Bertz CT molecular complexity index is 1870. The van der Waals surface area contributed by atoms with Gasteiger partial charge in [-0.25, -0.2) is 9.59 Å². The molecule has 8 rings (SSSR count). The third-order valence-corrected chi connectivity index (χ3v) is 10.7. The highest BCUT2D eigenvalue weighted by Gasteiger charge is 2.33. The van der Waals surface area contributed by atoms with Gasteiger partial charge in [0.05, 0.1) is 23.9 Å². The Balaban J connectivity index is 0.000000167. The molecular formula is C44H42N2O8. The SMILES string of the molecule is O=C(N[C@@H]1C=CCC[C@@H]1C(=O)O)OCC1c2ccccc2-c2ccccc21.O=C(N[C@H]1C=CCC[C@H]1C(=O)O)OCC1c2ccccc2-c2ccccc21. The number of allylic oxidation sites excluding steroid dienone is 2. The predicted molar refractivity (Wildman–Crippen MR) is 203 cm³/mol. The van der Waals surface area contributed by atoms with Crippen molar-refractivity contribution in [1.82, 2.24) is 10.6 Å². The van der Waals surface area contributed by atoms with Crippen LogP contribution in [0, 0.1) is 11.8 Å². The number of ether oxygens (including phenoxy) is 2. The molecule has 0 bridgehead atoms. The summed E-state index contributed by atoms with van der Waals surface area (Å²) in [4.78, 5) is 47.3. The minimum atomic E-state index is -0.900. The highest BCUT2D eigenvalue weighted by atomic mass is 16.6. The van der Waals surface area contributed by atoms with E-state index in [1.165, 1.54) is 22.3 Å². The summed E-state index contributed by atoms with van der Waals surface area (Å²) < 4.78 is 11.0. The van der Waals surface area contributed by atoms with Gasteiger partial charge in [-0.2, -0.15) is 0 Å². The van der Waals surface area contributed by atoms with Crippen LogP contribution in [0.3, 0.4) is 0 Å². The lowest BCUT2D eigenvalue weighted by Gasteiger charge is -2.25. The maximum Gasteiger partial charge on any atom is 0.407 e. The molecule has 4 aromatic carbocycles. The van der Waals surface area contributed by atoms with Crippen molar-refractivity contribution in [1.29, 1.82) is 0 Å². The molecule has 0 unspecified atom stereocenters. The molecule has 0 saturated heterocycles. The molecule has 10 heteroatoms. The fourth-order valence-corrected chi connectivity index (χ4v) is 8.07. The van der Waals surface area contributed by atoms with Gasteiger partial charge in [-0.1, -0.05) is 121 Å². The molecule has 10 nitrogen and oxygen atoms in total. The van der Waals surface area contributed by atoms with Crippen LogP contribution in [0.2, 0.25) is 0 Å². The number of alkyl carbamates (subject to hydrolysis) is 2. The van der Waals surface area contributed by atoms with Crippen LogP contribution in [0.5, 0.6) is 0 Å². The molecule has 0 aromatic heterocycles. The zero-order chi connectivity index (χ0) is 37.6. The molecule has 0 saturated carbocycles. The second kappa shape index (κ2) is 16.2. The number of nitrogens with one attached hydrogen (secondary N) is 2. The lowest BCUT2D eigenvalue weighted by molar-refractivity contribution is -0.143. The van der Waals surface area contributed by atoms with Crippen molar-refractivity contribution >= 4 is 24.1 Å². The van der Waals surface area contributed by atoms with Crippen LogP contribution in [0.1, 0.15) is 59.8 Å². The van der Waals surface area contributed by atoms with Gasteiger partial charge in [-0.15, -0.1) is 0 Å². The normalized spacial score (nSPS) is 20.6. The van der Waals surface area contributed by atoms with Gasteiger partial charge in [0.2, 0.25) is 0 Å². The summed E-state index contributed by atoms with van der Waals surface area (Å²) in [5.41, 5.74) is 9.26. The summed E-state index contributed by atoms with van der Waals surface area (Å²) in [6.07, 6.45) is 8.55. The summed E-state index contributed by atoms with van der Waals surface area (Å²) in [7, 11) is 0. The molecular weight excluding hydrogens is 684 g/mol. The third kappa shape index (κ3) is 7.64. The molecule has 0 fully saturated rings. The van der Waals surface area contributed by atoms with Crippen molar-refractivity contribution in [2.24, 2.45) is 11.8 Å². The number of fused-ring (bicyclic) bond motifs is 6. The van der Waals surface area contributed by atoms with E-state index in [1.807, 2.05) is 60.7 Å². The third-order valence-electron chi connectivity index (χ3n) is 10.7. The zero-order valence-corrected chi connectivity index (χ0v) is 29.6. The quantitative estimate of drug-likeness (QED) is 0.134. The number of rotatable bonds is 8. The second-order valence-corrected chi connectivity index (χ2v) is 13.9. The van der Waals surface area contributed by atoms with E-state index in [-0.39, 0.29) is 25.0 Å². The van der Waals surface area contributed by atoms with E-state index < -0.39 is 48.0 Å². The summed E-state index contributed by atoms with van der Waals surface area (Å²) in [6.45, 7) is 0.433. The summed E-state index contributed by atoms with van der Waals surface area (Å²) in [5, 5.41) is 24.0. The minimum Gasteiger partial charge on any atom is -0.481 e. The van der Waals surface area contributed by atoms with E-state index in [0.717, 1.165) is 22.3 Å². The number of hydrogen-bond donors (Lipinski definition) is 4. The molecule has 0 heterocycles. The molecule has 0 spiro atoms. The van der Waals surface area contributed by atoms with Crippen LogP contribution in [0.25, 0.3) is 22.3 Å². The smallest absolute Gasteiger partial charge is 0.407 e. The summed E-state index contributed by atoms with van der Waals surface area (Å²) in [5.74, 6) is -3.06. The summed E-state index contributed by atoms with van der Waals surface area (Å²) >= 11 is 0. The zero-order valence-electron chi connectivity index (χ0n) is 29.6. The van der Waals surface area contributed by atoms with Crippen molar-refractivity contribution in [3.05, 3.63) is 144 Å². The van der Waals surface area contributed by atoms with Crippen LogP contribution in [-0.4, -0.2) is 59.6 Å². The van der Waals surface area contributed by atoms with Crippen LogP contribution in [-0.2, 0) is 19.1 Å². The van der Waals surface area contributed by atoms with E-state index in [2.05, 4.69) is 59.2 Å². The molecule has 2 amide bonds. The van der Waals surface area contributed by atoms with Crippen molar-refractivity contribution < 1.29 is 38.9 Å². The number of carbonyl (C=O) groups is 4. The number of carbonyl (C=O) groups excluding carboxylic acids is 2. The van der Waals surface area contributed by atoms with Gasteiger partial charge in [-0.3, -0.25) is 9.59 Å². The van der Waals surface area contributed by atoms with Crippen LogP contribution in [0.15, 0.2) is 121 Å². The van der Waals surface area contributed by atoms with Crippen molar-refractivity contribution in [2.45, 2.75) is 49.6 Å². The van der Waals surface area contributed by atoms with Crippen LogP contribution >= 0.6 is 0 Å². The van der Waals surface area contributed by atoms with Gasteiger partial charge in [0.25, 0.3) is 0 Å². The van der Waals surface area contributed by atoms with Gasteiger partial charge in [0.1, 0.15) is 13.2 Å². The van der Waals surface area contributed by atoms with Gasteiger partial charge < -0.3 is 30.3 Å². The molecule has 4 aliphatic rings. The second-order valence-electron chi connectivity index (χ2n) is 13.9. The Kier molecular flexibility index (Phi) is 10.9. The Morgan fingerprint density at radius 2 is 0.833 bits per heavy atom. The van der Waals surface area contributed by atoms with E-state index in [1.54, 1.807) is 12.2 Å². The van der Waals surface area contributed by atoms with E-state index in [4.69, 9.17) is 9.47 Å². The number of aliphatic carboxylic acids is 2. The monoisotopic (exact) mass is 726 g/mol. The molecule has 0 aliphatic heterocycles. The lowest BCUT2D eigenvalue weighted by Crippen LogP contribution is -2.43.